The van der Waals surface area contributed by atoms with Gasteiger partial charge in [0.25, 0.3) is 0 Å². The van der Waals surface area contributed by atoms with Crippen molar-refractivity contribution in [3.05, 3.63) is 78.9 Å². The highest BCUT2D eigenvalue weighted by atomic mass is 31.2. The zero-order valence-corrected chi connectivity index (χ0v) is 21.7. The molecule has 3 aromatic carbocycles. The fourth-order valence-corrected chi connectivity index (χ4v) is 9.04. The van der Waals surface area contributed by atoms with Gasteiger partial charge < -0.3 is 4.90 Å². The number of azo groups is 1. The van der Waals surface area contributed by atoms with Crippen LogP contribution in [-0.4, -0.2) is 49.6 Å². The number of nitrogens with zero attached hydrogens (tertiary/aromatic N) is 6. The molecule has 0 unspecified atom stereocenters. The SMILES string of the molecule is CN(C)c1ccc(N=Nc2ccc(N=P(c3ccccc3)(N3CCCC3)N3CCCC3)cc2)cc1. The molecule has 2 heterocycles. The van der Waals surface area contributed by atoms with Gasteiger partial charge in [-0.25, -0.2) is 4.74 Å². The van der Waals surface area contributed by atoms with Gasteiger partial charge in [0.05, 0.1) is 17.1 Å². The summed E-state index contributed by atoms with van der Waals surface area (Å²) in [6.07, 6.45) is 5.03. The van der Waals surface area contributed by atoms with Gasteiger partial charge in [-0.2, -0.15) is 10.2 Å². The van der Waals surface area contributed by atoms with E-state index in [1.54, 1.807) is 0 Å². The molecule has 0 bridgehead atoms. The Balaban J connectivity index is 1.47. The second-order valence-corrected chi connectivity index (χ2v) is 12.4. The van der Waals surface area contributed by atoms with Crippen molar-refractivity contribution in [2.24, 2.45) is 15.0 Å². The quantitative estimate of drug-likeness (QED) is 0.259. The highest BCUT2D eigenvalue weighted by molar-refractivity contribution is 7.69. The van der Waals surface area contributed by atoms with E-state index in [-0.39, 0.29) is 0 Å². The topological polar surface area (TPSA) is 46.8 Å². The van der Waals surface area contributed by atoms with Crippen LogP contribution in [0.3, 0.4) is 0 Å². The number of rotatable bonds is 7. The van der Waals surface area contributed by atoms with Crippen LogP contribution in [0.2, 0.25) is 0 Å². The molecule has 2 aliphatic rings. The molecule has 2 fully saturated rings. The summed E-state index contributed by atoms with van der Waals surface area (Å²) in [5, 5.41) is 10.2. The number of anilines is 1. The van der Waals surface area contributed by atoms with Gasteiger partial charge >= 0.3 is 0 Å². The van der Waals surface area contributed by atoms with E-state index >= 15 is 0 Å². The van der Waals surface area contributed by atoms with Gasteiger partial charge in [-0.15, -0.1) is 0 Å². The molecule has 0 saturated carbocycles. The van der Waals surface area contributed by atoms with Crippen molar-refractivity contribution < 1.29 is 0 Å². The van der Waals surface area contributed by atoms with Crippen LogP contribution in [0.4, 0.5) is 22.7 Å². The van der Waals surface area contributed by atoms with E-state index in [1.807, 2.05) is 38.4 Å². The first-order chi connectivity index (χ1) is 17.1. The lowest BCUT2D eigenvalue weighted by atomic mass is 10.3. The van der Waals surface area contributed by atoms with Gasteiger partial charge in [0.1, 0.15) is 7.36 Å². The highest BCUT2D eigenvalue weighted by Crippen LogP contribution is 2.59. The fraction of sp³-hybridized carbons (Fsp3) is 0.357. The second kappa shape index (κ2) is 10.9. The third-order valence-corrected chi connectivity index (χ3v) is 10.7. The number of benzene rings is 3. The van der Waals surface area contributed by atoms with Crippen LogP contribution in [0.15, 0.2) is 93.8 Å². The smallest absolute Gasteiger partial charge is 0.132 e. The molecule has 182 valence electrons. The van der Waals surface area contributed by atoms with Crippen molar-refractivity contribution in [1.29, 1.82) is 0 Å². The summed E-state index contributed by atoms with van der Waals surface area (Å²) in [4.78, 5) is 2.07. The summed E-state index contributed by atoms with van der Waals surface area (Å²) >= 11 is 0. The lowest BCUT2D eigenvalue weighted by Gasteiger charge is -2.40. The third-order valence-electron chi connectivity index (χ3n) is 6.81. The first kappa shape index (κ1) is 23.9. The fourth-order valence-electron chi connectivity index (χ4n) is 4.96. The maximum Gasteiger partial charge on any atom is 0.132 e. The van der Waals surface area contributed by atoms with Crippen LogP contribution in [0.5, 0.6) is 0 Å². The minimum absolute atomic E-state index is 0.839. The maximum absolute atomic E-state index is 5.60. The molecule has 5 rings (SSSR count). The van der Waals surface area contributed by atoms with E-state index in [2.05, 4.69) is 79.1 Å². The summed E-state index contributed by atoms with van der Waals surface area (Å²) in [6.45, 7) is 4.51. The van der Waals surface area contributed by atoms with E-state index in [4.69, 9.17) is 4.74 Å². The lowest BCUT2D eigenvalue weighted by Crippen LogP contribution is -2.34. The predicted octanol–water partition coefficient (Wildman–Crippen LogP) is 7.35. The van der Waals surface area contributed by atoms with Crippen LogP contribution in [0, 0.1) is 0 Å². The van der Waals surface area contributed by atoms with E-state index in [0.717, 1.165) is 48.9 Å². The van der Waals surface area contributed by atoms with Crippen LogP contribution in [0.1, 0.15) is 25.7 Å². The Morgan fingerprint density at radius 1 is 0.600 bits per heavy atom. The number of hydrogen-bond donors (Lipinski definition) is 0. The normalized spacial score (nSPS) is 17.3. The molecule has 2 aliphatic heterocycles. The third kappa shape index (κ3) is 5.25. The van der Waals surface area contributed by atoms with E-state index in [9.17, 15) is 0 Å². The Morgan fingerprint density at radius 2 is 1.06 bits per heavy atom. The summed E-state index contributed by atoms with van der Waals surface area (Å²) in [5.41, 5.74) is 3.86. The summed E-state index contributed by atoms with van der Waals surface area (Å²) < 4.78 is 11.0. The van der Waals surface area contributed by atoms with E-state index in [1.165, 1.54) is 31.0 Å². The summed E-state index contributed by atoms with van der Waals surface area (Å²) in [5.74, 6) is 0. The standard InChI is InChI=1S/C28H35N6P/c1-32(2)27-18-16-25(17-19-27)30-29-24-12-14-26(15-13-24)31-35(33-20-6-7-21-33,34-22-8-9-23-34)28-10-4-3-5-11-28/h3-5,10-19H,6-9,20-23H2,1-2H3. The zero-order chi connectivity index (χ0) is 24.1. The largest absolute Gasteiger partial charge is 0.378 e. The molecule has 35 heavy (non-hydrogen) atoms. The Hall–Kier alpha value is -2.79. The molecular weight excluding hydrogens is 451 g/mol. The van der Waals surface area contributed by atoms with Crippen molar-refractivity contribution in [1.82, 2.24) is 9.34 Å². The molecule has 0 aromatic heterocycles. The van der Waals surface area contributed by atoms with Gasteiger partial charge in [-0.05, 0) is 74.2 Å². The monoisotopic (exact) mass is 486 g/mol. The van der Waals surface area contributed by atoms with Gasteiger partial charge in [-0.1, -0.05) is 30.3 Å². The van der Waals surface area contributed by atoms with Crippen LogP contribution < -0.4 is 10.2 Å². The van der Waals surface area contributed by atoms with E-state index < -0.39 is 7.36 Å². The molecule has 0 radical (unpaired) electrons. The average Bonchev–Trinajstić information content (AvgIpc) is 3.63. The molecule has 2 saturated heterocycles. The van der Waals surface area contributed by atoms with Crippen molar-refractivity contribution in [2.45, 2.75) is 25.7 Å². The van der Waals surface area contributed by atoms with Crippen LogP contribution in [0.25, 0.3) is 0 Å². The molecule has 7 heteroatoms. The summed E-state index contributed by atoms with van der Waals surface area (Å²) in [7, 11) is 2.04. The van der Waals surface area contributed by atoms with Crippen molar-refractivity contribution in [3.8, 4) is 0 Å². The average molecular weight is 487 g/mol. The maximum atomic E-state index is 5.60. The first-order valence-electron chi connectivity index (χ1n) is 12.6. The van der Waals surface area contributed by atoms with Crippen molar-refractivity contribution >= 4 is 35.4 Å². The highest BCUT2D eigenvalue weighted by Gasteiger charge is 2.39. The molecule has 3 aromatic rings. The van der Waals surface area contributed by atoms with Crippen LogP contribution >= 0.6 is 7.36 Å². The van der Waals surface area contributed by atoms with E-state index in [0.29, 0.717) is 0 Å². The number of hydrogen-bond acceptors (Lipinski definition) is 4. The van der Waals surface area contributed by atoms with Crippen molar-refractivity contribution in [3.63, 3.8) is 0 Å². The zero-order valence-electron chi connectivity index (χ0n) is 20.8. The summed E-state index contributed by atoms with van der Waals surface area (Å²) in [6, 6.07) is 27.4. The Kier molecular flexibility index (Phi) is 7.43. The van der Waals surface area contributed by atoms with Crippen molar-refractivity contribution in [2.75, 3.05) is 45.2 Å². The van der Waals surface area contributed by atoms with Gasteiger partial charge in [0, 0.05) is 51.3 Å². The molecule has 0 atom stereocenters. The minimum atomic E-state index is -2.02. The van der Waals surface area contributed by atoms with Gasteiger partial charge in [0.15, 0.2) is 0 Å². The first-order valence-corrected chi connectivity index (χ1v) is 14.3. The molecular formula is C28H35N6P. The second-order valence-electron chi connectivity index (χ2n) is 9.45. The lowest BCUT2D eigenvalue weighted by molar-refractivity contribution is 0.472. The van der Waals surface area contributed by atoms with Crippen LogP contribution in [-0.2, 0) is 0 Å². The van der Waals surface area contributed by atoms with Gasteiger partial charge in [0.2, 0.25) is 0 Å². The predicted molar refractivity (Wildman–Crippen MR) is 148 cm³/mol. The Labute approximate surface area is 209 Å². The Morgan fingerprint density at radius 3 is 1.54 bits per heavy atom. The molecule has 0 amide bonds. The molecule has 0 spiro atoms. The molecule has 0 N–H and O–H groups in total. The molecule has 6 nitrogen and oxygen atoms in total. The minimum Gasteiger partial charge on any atom is -0.378 e. The Bertz CT molecular complexity index is 1160. The van der Waals surface area contributed by atoms with Gasteiger partial charge in [-0.3, -0.25) is 9.34 Å². The molecule has 0 aliphatic carbocycles.